The molecular formula is C22H30N4O3. The van der Waals surface area contributed by atoms with Crippen LogP contribution in [-0.4, -0.2) is 81.2 Å². The van der Waals surface area contributed by atoms with Gasteiger partial charge >= 0.3 is 6.09 Å². The first-order valence-electron chi connectivity index (χ1n) is 10.6. The highest BCUT2D eigenvalue weighted by Crippen LogP contribution is 2.24. The summed E-state index contributed by atoms with van der Waals surface area (Å²) >= 11 is 0. The van der Waals surface area contributed by atoms with E-state index in [2.05, 4.69) is 23.3 Å². The van der Waals surface area contributed by atoms with Crippen LogP contribution in [0.4, 0.5) is 4.79 Å². The van der Waals surface area contributed by atoms with E-state index in [1.807, 2.05) is 35.4 Å². The van der Waals surface area contributed by atoms with Crippen molar-refractivity contribution in [2.45, 2.75) is 45.3 Å². The number of hydrogen-bond acceptors (Lipinski definition) is 3. The van der Waals surface area contributed by atoms with Crippen LogP contribution in [0.25, 0.3) is 10.9 Å². The normalized spacial score (nSPS) is 20.7. The molecule has 2 aromatic rings. The number of amides is 2. The first kappa shape index (κ1) is 19.8. The Morgan fingerprint density at radius 2 is 1.86 bits per heavy atom. The monoisotopic (exact) mass is 398 g/mol. The Kier molecular flexibility index (Phi) is 5.50. The molecule has 1 atom stereocenters. The predicted octanol–water partition coefficient (Wildman–Crippen LogP) is 2.95. The number of piperazine rings is 1. The predicted molar refractivity (Wildman–Crippen MR) is 112 cm³/mol. The van der Waals surface area contributed by atoms with E-state index < -0.39 is 6.09 Å². The van der Waals surface area contributed by atoms with Gasteiger partial charge in [-0.1, -0.05) is 0 Å². The summed E-state index contributed by atoms with van der Waals surface area (Å²) in [5.41, 5.74) is 1.77. The van der Waals surface area contributed by atoms with Gasteiger partial charge in [-0.3, -0.25) is 9.69 Å². The van der Waals surface area contributed by atoms with Crippen LogP contribution < -0.4 is 0 Å². The van der Waals surface area contributed by atoms with E-state index in [9.17, 15) is 14.7 Å². The van der Waals surface area contributed by atoms with Crippen LogP contribution in [0, 0.1) is 0 Å². The second kappa shape index (κ2) is 8.06. The molecule has 2 saturated heterocycles. The van der Waals surface area contributed by atoms with E-state index in [0.717, 1.165) is 55.5 Å². The topological polar surface area (TPSA) is 69.0 Å². The number of carboxylic acid groups (broad SMARTS) is 1. The largest absolute Gasteiger partial charge is 0.465 e. The van der Waals surface area contributed by atoms with Crippen LogP contribution in [0.1, 0.15) is 37.0 Å². The van der Waals surface area contributed by atoms with Gasteiger partial charge < -0.3 is 19.5 Å². The molecule has 0 unspecified atom stereocenters. The number of benzene rings is 1. The van der Waals surface area contributed by atoms with Gasteiger partial charge in [0.25, 0.3) is 5.91 Å². The number of carbonyl (C=O) groups is 2. The maximum atomic E-state index is 13.0. The fourth-order valence-corrected chi connectivity index (χ4v) is 4.62. The third kappa shape index (κ3) is 3.96. The lowest BCUT2D eigenvalue weighted by Crippen LogP contribution is -2.50. The molecule has 1 aromatic carbocycles. The van der Waals surface area contributed by atoms with E-state index >= 15 is 0 Å². The summed E-state index contributed by atoms with van der Waals surface area (Å²) in [5.74, 6) is 0.0934. The molecule has 7 nitrogen and oxygen atoms in total. The van der Waals surface area contributed by atoms with Gasteiger partial charge in [0.2, 0.25) is 0 Å². The van der Waals surface area contributed by atoms with Gasteiger partial charge in [0.05, 0.1) is 6.04 Å². The molecule has 0 aliphatic carbocycles. The lowest BCUT2D eigenvalue weighted by molar-refractivity contribution is 0.0595. The van der Waals surface area contributed by atoms with Crippen molar-refractivity contribution in [2.75, 3.05) is 32.7 Å². The maximum Gasteiger partial charge on any atom is 0.407 e. The lowest BCUT2D eigenvalue weighted by Gasteiger charge is -2.37. The third-order valence-corrected chi connectivity index (χ3v) is 6.38. The van der Waals surface area contributed by atoms with E-state index in [0.29, 0.717) is 19.1 Å². The van der Waals surface area contributed by atoms with Crippen molar-refractivity contribution >= 4 is 22.9 Å². The van der Waals surface area contributed by atoms with E-state index in [1.165, 1.54) is 0 Å². The quantitative estimate of drug-likeness (QED) is 0.860. The van der Waals surface area contributed by atoms with Crippen LogP contribution in [-0.2, 0) is 6.54 Å². The Labute approximate surface area is 171 Å². The number of rotatable bonds is 4. The molecule has 7 heteroatoms. The molecule has 2 amide bonds. The van der Waals surface area contributed by atoms with Crippen molar-refractivity contribution in [1.82, 2.24) is 19.3 Å². The molecular weight excluding hydrogens is 368 g/mol. The first-order chi connectivity index (χ1) is 13.9. The Balaban J connectivity index is 1.47. The number of nitrogens with zero attached hydrogens (tertiary/aromatic N) is 4. The van der Waals surface area contributed by atoms with Gasteiger partial charge in [0.15, 0.2) is 0 Å². The van der Waals surface area contributed by atoms with Gasteiger partial charge in [-0.2, -0.15) is 0 Å². The number of likely N-dealkylation sites (tertiary alicyclic amines) is 1. The number of hydrogen-bond donors (Lipinski definition) is 1. The van der Waals surface area contributed by atoms with Crippen molar-refractivity contribution < 1.29 is 14.7 Å². The highest BCUT2D eigenvalue weighted by Gasteiger charge is 2.29. The molecule has 2 aliphatic heterocycles. The molecule has 29 heavy (non-hydrogen) atoms. The molecule has 2 aliphatic rings. The summed E-state index contributed by atoms with van der Waals surface area (Å²) in [4.78, 5) is 30.2. The van der Waals surface area contributed by atoms with Crippen molar-refractivity contribution in [2.24, 2.45) is 0 Å². The van der Waals surface area contributed by atoms with Crippen molar-refractivity contribution in [3.63, 3.8) is 0 Å². The van der Waals surface area contributed by atoms with Crippen LogP contribution in [0.5, 0.6) is 0 Å². The molecule has 0 saturated carbocycles. The number of carbonyl (C=O) groups excluding carboxylic acids is 1. The highest BCUT2D eigenvalue weighted by atomic mass is 16.4. The van der Waals surface area contributed by atoms with Gasteiger partial charge in [0, 0.05) is 68.0 Å². The summed E-state index contributed by atoms with van der Waals surface area (Å²) in [6, 6.07) is 8.41. The van der Waals surface area contributed by atoms with Gasteiger partial charge in [-0.25, -0.2) is 4.79 Å². The third-order valence-electron chi connectivity index (χ3n) is 6.38. The molecule has 0 radical (unpaired) electrons. The molecule has 0 spiro atoms. The minimum absolute atomic E-state index is 0.0154. The Morgan fingerprint density at radius 1 is 1.10 bits per heavy atom. The maximum absolute atomic E-state index is 13.0. The molecule has 0 bridgehead atoms. The molecule has 156 valence electrons. The minimum atomic E-state index is -0.839. The van der Waals surface area contributed by atoms with E-state index in [4.69, 9.17) is 0 Å². The summed E-state index contributed by atoms with van der Waals surface area (Å²) in [5, 5.41) is 10.4. The van der Waals surface area contributed by atoms with Gasteiger partial charge in [0.1, 0.15) is 0 Å². The minimum Gasteiger partial charge on any atom is -0.465 e. The molecule has 1 aromatic heterocycles. The zero-order chi connectivity index (χ0) is 20.5. The Hall–Kier alpha value is -2.54. The fraction of sp³-hybridized carbons (Fsp3) is 0.545. The fourth-order valence-electron chi connectivity index (χ4n) is 4.62. The highest BCUT2D eigenvalue weighted by molar-refractivity contribution is 5.98. The smallest absolute Gasteiger partial charge is 0.407 e. The summed E-state index contributed by atoms with van der Waals surface area (Å²) in [7, 11) is 0. The number of aromatic nitrogens is 1. The average Bonchev–Trinajstić information content (AvgIpc) is 3.34. The molecule has 3 heterocycles. The van der Waals surface area contributed by atoms with Gasteiger partial charge in [-0.15, -0.1) is 0 Å². The Morgan fingerprint density at radius 3 is 2.55 bits per heavy atom. The second-order valence-electron chi connectivity index (χ2n) is 8.44. The summed E-state index contributed by atoms with van der Waals surface area (Å²) in [6.45, 7) is 9.02. The summed E-state index contributed by atoms with van der Waals surface area (Å²) in [6.07, 6.45) is 2.97. The zero-order valence-electron chi connectivity index (χ0n) is 17.3. The molecule has 2 fully saturated rings. The van der Waals surface area contributed by atoms with E-state index in [-0.39, 0.29) is 11.9 Å². The van der Waals surface area contributed by atoms with Crippen molar-refractivity contribution in [3.05, 3.63) is 36.0 Å². The first-order valence-corrected chi connectivity index (χ1v) is 10.6. The Bertz CT molecular complexity index is 899. The molecule has 4 rings (SSSR count). The second-order valence-corrected chi connectivity index (χ2v) is 8.44. The van der Waals surface area contributed by atoms with Crippen LogP contribution in [0.3, 0.4) is 0 Å². The lowest BCUT2D eigenvalue weighted by atomic mass is 10.1. The summed E-state index contributed by atoms with van der Waals surface area (Å²) < 4.78 is 2.11. The zero-order valence-corrected chi connectivity index (χ0v) is 17.3. The van der Waals surface area contributed by atoms with Crippen LogP contribution in [0.15, 0.2) is 30.5 Å². The van der Waals surface area contributed by atoms with Crippen molar-refractivity contribution in [3.8, 4) is 0 Å². The average molecular weight is 399 g/mol. The van der Waals surface area contributed by atoms with E-state index in [1.54, 1.807) is 4.90 Å². The van der Waals surface area contributed by atoms with Gasteiger partial charge in [-0.05, 0) is 51.0 Å². The van der Waals surface area contributed by atoms with Crippen molar-refractivity contribution in [1.29, 1.82) is 0 Å². The SMILES string of the molecule is CC(C)N1CCN(C(=O)c2ccc3c(ccn3C[C@H]3CCCN3C(=O)O)c2)CC1. The standard InChI is InChI=1S/C22H30N4O3/c1-16(2)23-10-12-24(13-11-23)21(27)18-5-6-20-17(14-18)7-9-25(20)15-19-4-3-8-26(19)22(28)29/h5-7,9,14,16,19H,3-4,8,10-13,15H2,1-2H3,(H,28,29)/t19-/m1/s1. The van der Waals surface area contributed by atoms with Crippen LogP contribution >= 0.6 is 0 Å². The van der Waals surface area contributed by atoms with Crippen LogP contribution in [0.2, 0.25) is 0 Å². The molecule has 1 N–H and O–H groups in total. The number of fused-ring (bicyclic) bond motifs is 1.